The van der Waals surface area contributed by atoms with E-state index in [2.05, 4.69) is 5.32 Å². The number of benzene rings is 1. The molecule has 4 nitrogen and oxygen atoms in total. The molecule has 1 saturated heterocycles. The first-order chi connectivity index (χ1) is 7.77. The third kappa shape index (κ3) is 2.52. The van der Waals surface area contributed by atoms with Crippen LogP contribution in [0.15, 0.2) is 24.3 Å². The fraction of sp³-hybridized carbons (Fsp3) is 0.417. The molecule has 1 aromatic rings. The van der Waals surface area contributed by atoms with Crippen molar-refractivity contribution in [2.45, 2.75) is 12.3 Å². The first kappa shape index (κ1) is 11.0. The highest BCUT2D eigenvalue weighted by Gasteiger charge is 2.20. The van der Waals surface area contributed by atoms with Crippen molar-refractivity contribution >= 4 is 5.97 Å². The highest BCUT2D eigenvalue weighted by atomic mass is 16.5. The van der Waals surface area contributed by atoms with Crippen LogP contribution in [0.3, 0.4) is 0 Å². The largest absolute Gasteiger partial charge is 0.482 e. The number of nitrogens with one attached hydrogen (secondary N) is 1. The van der Waals surface area contributed by atoms with Gasteiger partial charge >= 0.3 is 5.97 Å². The number of carboxylic acids is 1. The van der Waals surface area contributed by atoms with Crippen LogP contribution in [-0.2, 0) is 4.79 Å². The number of para-hydroxylation sites is 1. The predicted octanol–water partition coefficient (Wildman–Crippen LogP) is 1.23. The van der Waals surface area contributed by atoms with E-state index in [0.717, 1.165) is 25.1 Å². The van der Waals surface area contributed by atoms with Gasteiger partial charge in [-0.25, -0.2) is 4.79 Å². The topological polar surface area (TPSA) is 58.6 Å². The van der Waals surface area contributed by atoms with Gasteiger partial charge in [0.1, 0.15) is 5.75 Å². The lowest BCUT2D eigenvalue weighted by Crippen LogP contribution is -2.12. The van der Waals surface area contributed by atoms with Crippen LogP contribution in [0.4, 0.5) is 0 Å². The Balaban J connectivity index is 2.13. The van der Waals surface area contributed by atoms with Crippen LogP contribution in [0.5, 0.6) is 5.75 Å². The number of hydrogen-bond acceptors (Lipinski definition) is 3. The number of rotatable bonds is 4. The van der Waals surface area contributed by atoms with Gasteiger partial charge in [-0.05, 0) is 24.6 Å². The summed E-state index contributed by atoms with van der Waals surface area (Å²) in [4.78, 5) is 10.5. The van der Waals surface area contributed by atoms with Crippen molar-refractivity contribution in [1.82, 2.24) is 5.32 Å². The van der Waals surface area contributed by atoms with Gasteiger partial charge in [0.15, 0.2) is 6.61 Å². The van der Waals surface area contributed by atoms with E-state index in [-0.39, 0.29) is 6.61 Å². The average molecular weight is 221 g/mol. The Labute approximate surface area is 94.2 Å². The van der Waals surface area contributed by atoms with Crippen molar-refractivity contribution in [3.05, 3.63) is 29.8 Å². The zero-order valence-corrected chi connectivity index (χ0v) is 8.98. The second kappa shape index (κ2) is 4.99. The molecule has 16 heavy (non-hydrogen) atoms. The molecule has 0 radical (unpaired) electrons. The van der Waals surface area contributed by atoms with Gasteiger partial charge in [-0.3, -0.25) is 0 Å². The van der Waals surface area contributed by atoms with Crippen molar-refractivity contribution in [2.24, 2.45) is 0 Å². The molecule has 0 bridgehead atoms. The molecule has 4 heteroatoms. The lowest BCUT2D eigenvalue weighted by Gasteiger charge is -2.14. The van der Waals surface area contributed by atoms with Gasteiger partial charge in [-0.1, -0.05) is 18.2 Å². The van der Waals surface area contributed by atoms with Crippen LogP contribution in [0.25, 0.3) is 0 Å². The monoisotopic (exact) mass is 221 g/mol. The van der Waals surface area contributed by atoms with Gasteiger partial charge in [-0.15, -0.1) is 0 Å². The van der Waals surface area contributed by atoms with Crippen LogP contribution in [0.2, 0.25) is 0 Å². The van der Waals surface area contributed by atoms with Crippen molar-refractivity contribution in [3.8, 4) is 5.75 Å². The molecule has 2 rings (SSSR count). The lowest BCUT2D eigenvalue weighted by atomic mass is 9.97. The Morgan fingerprint density at radius 1 is 1.50 bits per heavy atom. The summed E-state index contributed by atoms with van der Waals surface area (Å²) in [6.07, 6.45) is 1.08. The van der Waals surface area contributed by atoms with Crippen LogP contribution in [0, 0.1) is 0 Å². The number of aliphatic carboxylic acids is 1. The summed E-state index contributed by atoms with van der Waals surface area (Å²) in [5, 5.41) is 11.9. The molecule has 0 saturated carbocycles. The molecule has 1 aromatic carbocycles. The fourth-order valence-corrected chi connectivity index (χ4v) is 2.01. The highest BCUT2D eigenvalue weighted by Crippen LogP contribution is 2.30. The van der Waals surface area contributed by atoms with Crippen molar-refractivity contribution in [1.29, 1.82) is 0 Å². The summed E-state index contributed by atoms with van der Waals surface area (Å²) >= 11 is 0. The lowest BCUT2D eigenvalue weighted by molar-refractivity contribution is -0.139. The second-order valence-electron chi connectivity index (χ2n) is 3.91. The van der Waals surface area contributed by atoms with Gasteiger partial charge in [-0.2, -0.15) is 0 Å². The molecule has 86 valence electrons. The van der Waals surface area contributed by atoms with E-state index in [9.17, 15) is 4.79 Å². The number of carboxylic acid groups (broad SMARTS) is 1. The molecule has 1 atom stereocenters. The SMILES string of the molecule is O=C(O)COc1ccccc1C1CCNC1. The second-order valence-corrected chi connectivity index (χ2v) is 3.91. The zero-order valence-electron chi connectivity index (χ0n) is 8.98. The Hall–Kier alpha value is -1.55. The first-order valence-corrected chi connectivity index (χ1v) is 5.41. The van der Waals surface area contributed by atoms with Crippen LogP contribution < -0.4 is 10.1 Å². The summed E-state index contributed by atoms with van der Waals surface area (Å²) in [6, 6.07) is 7.66. The zero-order chi connectivity index (χ0) is 11.4. The summed E-state index contributed by atoms with van der Waals surface area (Å²) in [5.74, 6) is 0.183. The first-order valence-electron chi connectivity index (χ1n) is 5.41. The molecule has 1 aliphatic rings. The number of ether oxygens (including phenoxy) is 1. The number of hydrogen-bond donors (Lipinski definition) is 2. The minimum atomic E-state index is -0.945. The van der Waals surface area contributed by atoms with Gasteiger partial charge in [0.2, 0.25) is 0 Å². The van der Waals surface area contributed by atoms with E-state index in [1.165, 1.54) is 0 Å². The van der Waals surface area contributed by atoms with Gasteiger partial charge in [0.25, 0.3) is 0 Å². The molecule has 0 aromatic heterocycles. The third-order valence-electron chi connectivity index (χ3n) is 2.77. The van der Waals surface area contributed by atoms with E-state index >= 15 is 0 Å². The van der Waals surface area contributed by atoms with Crippen LogP contribution in [-0.4, -0.2) is 30.8 Å². The Morgan fingerprint density at radius 3 is 3.00 bits per heavy atom. The van der Waals surface area contributed by atoms with Gasteiger partial charge < -0.3 is 15.2 Å². The average Bonchev–Trinajstić information content (AvgIpc) is 2.80. The van der Waals surface area contributed by atoms with Crippen molar-refractivity contribution in [2.75, 3.05) is 19.7 Å². The van der Waals surface area contributed by atoms with E-state index in [4.69, 9.17) is 9.84 Å². The van der Waals surface area contributed by atoms with E-state index < -0.39 is 5.97 Å². The normalized spacial score (nSPS) is 19.6. The summed E-state index contributed by atoms with van der Waals surface area (Å²) in [6.45, 7) is 1.67. The maximum absolute atomic E-state index is 10.5. The predicted molar refractivity (Wildman–Crippen MR) is 59.8 cm³/mol. The Bertz CT molecular complexity index is 372. The molecule has 1 unspecified atom stereocenters. The molecular weight excluding hydrogens is 206 g/mol. The highest BCUT2D eigenvalue weighted by molar-refractivity contribution is 5.68. The maximum Gasteiger partial charge on any atom is 0.341 e. The van der Waals surface area contributed by atoms with E-state index in [1.54, 1.807) is 0 Å². The molecule has 0 spiro atoms. The van der Waals surface area contributed by atoms with E-state index in [1.807, 2.05) is 24.3 Å². The van der Waals surface area contributed by atoms with Crippen molar-refractivity contribution < 1.29 is 14.6 Å². The number of carbonyl (C=O) groups is 1. The molecule has 1 aliphatic heterocycles. The fourth-order valence-electron chi connectivity index (χ4n) is 2.01. The quantitative estimate of drug-likeness (QED) is 0.802. The minimum absolute atomic E-state index is 0.281. The molecular formula is C12H15NO3. The Kier molecular flexibility index (Phi) is 3.41. The third-order valence-corrected chi connectivity index (χ3v) is 2.77. The van der Waals surface area contributed by atoms with Gasteiger partial charge in [0, 0.05) is 12.5 Å². The smallest absolute Gasteiger partial charge is 0.341 e. The molecule has 0 amide bonds. The van der Waals surface area contributed by atoms with Crippen molar-refractivity contribution in [3.63, 3.8) is 0 Å². The van der Waals surface area contributed by atoms with E-state index in [0.29, 0.717) is 11.7 Å². The standard InChI is InChI=1S/C12H15NO3/c14-12(15)8-16-11-4-2-1-3-10(11)9-5-6-13-7-9/h1-4,9,13H,5-8H2,(H,14,15). The molecule has 1 heterocycles. The minimum Gasteiger partial charge on any atom is -0.482 e. The van der Waals surface area contributed by atoms with Gasteiger partial charge in [0.05, 0.1) is 0 Å². The molecule has 0 aliphatic carbocycles. The molecule has 1 fully saturated rings. The maximum atomic E-state index is 10.5. The molecule has 2 N–H and O–H groups in total. The summed E-state index contributed by atoms with van der Waals surface area (Å²) < 4.78 is 5.28. The summed E-state index contributed by atoms with van der Waals surface area (Å²) in [7, 11) is 0. The Morgan fingerprint density at radius 2 is 2.31 bits per heavy atom. The summed E-state index contributed by atoms with van der Waals surface area (Å²) in [5.41, 5.74) is 1.11. The van der Waals surface area contributed by atoms with Crippen LogP contribution >= 0.6 is 0 Å². The van der Waals surface area contributed by atoms with Crippen LogP contribution in [0.1, 0.15) is 17.9 Å².